The number of ether oxygens (including phenoxy) is 1. The van der Waals surface area contributed by atoms with Crippen molar-refractivity contribution in [1.29, 1.82) is 0 Å². The molecule has 0 radical (unpaired) electrons. The summed E-state index contributed by atoms with van der Waals surface area (Å²) < 4.78 is 4.99. The van der Waals surface area contributed by atoms with E-state index in [0.717, 1.165) is 6.61 Å². The van der Waals surface area contributed by atoms with Crippen molar-refractivity contribution in [3.63, 3.8) is 0 Å². The van der Waals surface area contributed by atoms with E-state index in [9.17, 15) is 0 Å². The zero-order valence-electron chi connectivity index (χ0n) is 6.90. The monoisotopic (exact) mass is 208 g/mol. The molecule has 1 atom stereocenters. The Hall–Kier alpha value is 0.440. The SMILES string of the molecule is CCCCC[C@@H](Br)COC. The van der Waals surface area contributed by atoms with Crippen LogP contribution in [0, 0.1) is 0 Å². The van der Waals surface area contributed by atoms with Crippen molar-refractivity contribution in [3.8, 4) is 0 Å². The van der Waals surface area contributed by atoms with E-state index in [1.807, 2.05) is 0 Å². The van der Waals surface area contributed by atoms with E-state index >= 15 is 0 Å². The molecule has 0 heterocycles. The summed E-state index contributed by atoms with van der Waals surface area (Å²) in [6.45, 7) is 3.06. The number of halogens is 1. The second-order valence-electron chi connectivity index (χ2n) is 2.55. The Bertz CT molecular complexity index is 66.3. The zero-order chi connectivity index (χ0) is 7.82. The third-order valence-corrected chi connectivity index (χ3v) is 2.19. The van der Waals surface area contributed by atoms with Crippen molar-refractivity contribution < 1.29 is 4.74 Å². The van der Waals surface area contributed by atoms with Gasteiger partial charge in [-0.1, -0.05) is 42.1 Å². The van der Waals surface area contributed by atoms with Crippen LogP contribution < -0.4 is 0 Å². The highest BCUT2D eigenvalue weighted by atomic mass is 79.9. The lowest BCUT2D eigenvalue weighted by molar-refractivity contribution is 0.198. The minimum absolute atomic E-state index is 0.559. The van der Waals surface area contributed by atoms with Crippen LogP contribution in [0.1, 0.15) is 32.6 Å². The van der Waals surface area contributed by atoms with Gasteiger partial charge in [0.25, 0.3) is 0 Å². The van der Waals surface area contributed by atoms with Crippen LogP contribution in [-0.4, -0.2) is 18.5 Å². The molecule has 0 unspecified atom stereocenters. The summed E-state index contributed by atoms with van der Waals surface area (Å²) in [6.07, 6.45) is 5.19. The Balaban J connectivity index is 2.97. The fourth-order valence-corrected chi connectivity index (χ4v) is 1.47. The first-order valence-corrected chi connectivity index (χ1v) is 4.85. The Labute approximate surface area is 72.3 Å². The quantitative estimate of drug-likeness (QED) is 0.482. The van der Waals surface area contributed by atoms with Crippen LogP contribution in [0.4, 0.5) is 0 Å². The van der Waals surface area contributed by atoms with Crippen LogP contribution >= 0.6 is 15.9 Å². The predicted molar refractivity (Wildman–Crippen MR) is 48.7 cm³/mol. The lowest BCUT2D eigenvalue weighted by Crippen LogP contribution is -2.05. The van der Waals surface area contributed by atoms with Gasteiger partial charge in [-0.25, -0.2) is 0 Å². The van der Waals surface area contributed by atoms with E-state index in [1.165, 1.54) is 25.7 Å². The molecule has 0 N–H and O–H groups in total. The number of hydrogen-bond donors (Lipinski definition) is 0. The minimum atomic E-state index is 0.559. The van der Waals surface area contributed by atoms with Crippen molar-refractivity contribution >= 4 is 15.9 Å². The summed E-state index contributed by atoms with van der Waals surface area (Å²) in [5.41, 5.74) is 0. The van der Waals surface area contributed by atoms with Crippen LogP contribution in [-0.2, 0) is 4.74 Å². The van der Waals surface area contributed by atoms with Gasteiger partial charge in [-0.2, -0.15) is 0 Å². The van der Waals surface area contributed by atoms with Crippen LogP contribution in [0.2, 0.25) is 0 Å². The number of hydrogen-bond acceptors (Lipinski definition) is 1. The van der Waals surface area contributed by atoms with Crippen molar-refractivity contribution in [2.75, 3.05) is 13.7 Å². The third-order valence-electron chi connectivity index (χ3n) is 1.47. The van der Waals surface area contributed by atoms with E-state index in [-0.39, 0.29) is 0 Å². The molecule has 0 aliphatic heterocycles. The Morgan fingerprint density at radius 2 is 2.10 bits per heavy atom. The highest BCUT2D eigenvalue weighted by Gasteiger charge is 2.00. The van der Waals surface area contributed by atoms with Crippen molar-refractivity contribution in [2.24, 2.45) is 0 Å². The van der Waals surface area contributed by atoms with Gasteiger partial charge in [-0.15, -0.1) is 0 Å². The molecule has 0 aromatic rings. The maximum Gasteiger partial charge on any atom is 0.0587 e. The normalized spacial score (nSPS) is 13.5. The smallest absolute Gasteiger partial charge is 0.0587 e. The molecule has 0 rings (SSSR count). The molecule has 0 aliphatic carbocycles. The van der Waals surface area contributed by atoms with Gasteiger partial charge in [0, 0.05) is 11.9 Å². The molecular formula is C8H17BrO. The molecule has 0 saturated heterocycles. The zero-order valence-corrected chi connectivity index (χ0v) is 8.49. The van der Waals surface area contributed by atoms with E-state index < -0.39 is 0 Å². The van der Waals surface area contributed by atoms with E-state index in [0.29, 0.717) is 4.83 Å². The third kappa shape index (κ3) is 6.56. The van der Waals surface area contributed by atoms with Crippen LogP contribution in [0.15, 0.2) is 0 Å². The summed E-state index contributed by atoms with van der Waals surface area (Å²) >= 11 is 3.54. The molecule has 0 aromatic carbocycles. The van der Waals surface area contributed by atoms with Crippen molar-refractivity contribution in [1.82, 2.24) is 0 Å². The van der Waals surface area contributed by atoms with Gasteiger partial charge >= 0.3 is 0 Å². The number of methoxy groups -OCH3 is 1. The van der Waals surface area contributed by atoms with Gasteiger partial charge in [0.2, 0.25) is 0 Å². The van der Waals surface area contributed by atoms with Gasteiger partial charge < -0.3 is 4.74 Å². The largest absolute Gasteiger partial charge is 0.384 e. The van der Waals surface area contributed by atoms with Crippen LogP contribution in [0.5, 0.6) is 0 Å². The molecule has 2 heteroatoms. The van der Waals surface area contributed by atoms with Gasteiger partial charge in [-0.3, -0.25) is 0 Å². The van der Waals surface area contributed by atoms with Crippen LogP contribution in [0.3, 0.4) is 0 Å². The molecule has 0 amide bonds. The molecule has 0 fully saturated rings. The van der Waals surface area contributed by atoms with Crippen LogP contribution in [0.25, 0.3) is 0 Å². The second kappa shape index (κ2) is 7.55. The molecule has 0 aliphatic rings. The van der Waals surface area contributed by atoms with Gasteiger partial charge in [0.1, 0.15) is 0 Å². The maximum atomic E-state index is 4.99. The first-order valence-electron chi connectivity index (χ1n) is 3.94. The Kier molecular flexibility index (Phi) is 7.88. The average Bonchev–Trinajstić information content (AvgIpc) is 1.89. The fraction of sp³-hybridized carbons (Fsp3) is 1.00. The molecule has 10 heavy (non-hydrogen) atoms. The molecule has 0 aromatic heterocycles. The average molecular weight is 209 g/mol. The van der Waals surface area contributed by atoms with E-state index in [1.54, 1.807) is 7.11 Å². The topological polar surface area (TPSA) is 9.23 Å². The Morgan fingerprint density at radius 3 is 2.60 bits per heavy atom. The van der Waals surface area contributed by atoms with Crippen molar-refractivity contribution in [3.05, 3.63) is 0 Å². The van der Waals surface area contributed by atoms with Crippen molar-refractivity contribution in [2.45, 2.75) is 37.4 Å². The molecule has 1 nitrogen and oxygen atoms in total. The molecule has 62 valence electrons. The predicted octanol–water partition coefficient (Wildman–Crippen LogP) is 2.98. The number of unbranched alkanes of at least 4 members (excludes halogenated alkanes) is 2. The molecule has 0 spiro atoms. The number of alkyl halides is 1. The van der Waals surface area contributed by atoms with E-state index in [2.05, 4.69) is 22.9 Å². The maximum absolute atomic E-state index is 4.99. The van der Waals surface area contributed by atoms with Gasteiger partial charge in [-0.05, 0) is 6.42 Å². The highest BCUT2D eigenvalue weighted by Crippen LogP contribution is 2.10. The van der Waals surface area contributed by atoms with Gasteiger partial charge in [0.05, 0.1) is 6.61 Å². The molecule has 0 bridgehead atoms. The lowest BCUT2D eigenvalue weighted by atomic mass is 10.2. The Morgan fingerprint density at radius 1 is 1.40 bits per heavy atom. The minimum Gasteiger partial charge on any atom is -0.384 e. The summed E-state index contributed by atoms with van der Waals surface area (Å²) in [6, 6.07) is 0. The second-order valence-corrected chi connectivity index (χ2v) is 3.84. The summed E-state index contributed by atoms with van der Waals surface area (Å²) in [7, 11) is 1.74. The summed E-state index contributed by atoms with van der Waals surface area (Å²) in [5.74, 6) is 0. The lowest BCUT2D eigenvalue weighted by Gasteiger charge is -2.06. The standard InChI is InChI=1S/C8H17BrO/c1-3-4-5-6-8(9)7-10-2/h8H,3-7H2,1-2H3/t8-/m1/s1. The van der Waals surface area contributed by atoms with E-state index in [4.69, 9.17) is 4.74 Å². The summed E-state index contributed by atoms with van der Waals surface area (Å²) in [5, 5.41) is 0. The first kappa shape index (κ1) is 10.4. The number of rotatable bonds is 6. The molecule has 0 saturated carbocycles. The highest BCUT2D eigenvalue weighted by molar-refractivity contribution is 9.09. The first-order chi connectivity index (χ1) is 4.81. The fourth-order valence-electron chi connectivity index (χ4n) is 0.880. The molecular weight excluding hydrogens is 192 g/mol. The summed E-state index contributed by atoms with van der Waals surface area (Å²) in [4.78, 5) is 0.559. The van der Waals surface area contributed by atoms with Gasteiger partial charge in [0.15, 0.2) is 0 Å².